The van der Waals surface area contributed by atoms with Crippen molar-refractivity contribution in [3.05, 3.63) is 24.0 Å². The number of nitrogens with one attached hydrogen (secondary N) is 2. The highest BCUT2D eigenvalue weighted by Gasteiger charge is 2.09. The maximum atomic E-state index is 11.7. The molecule has 0 atom stereocenters. The van der Waals surface area contributed by atoms with Gasteiger partial charge in [-0.3, -0.25) is 9.71 Å². The number of pyridine rings is 1. The molecule has 0 radical (unpaired) electrons. The van der Waals surface area contributed by atoms with Gasteiger partial charge in [0, 0.05) is 6.20 Å². The minimum Gasteiger partial charge on any atom is -0.320 e. The van der Waals surface area contributed by atoms with E-state index in [-0.39, 0.29) is 5.75 Å². The summed E-state index contributed by atoms with van der Waals surface area (Å²) in [5.74, 6) is 0.141. The SMILES string of the molecule is CNCCCCS(=O)(=O)Nc1cncc(C)c1. The molecule has 0 aliphatic carbocycles. The normalized spacial score (nSPS) is 11.4. The number of aromatic nitrogens is 1. The Balaban J connectivity index is 2.49. The van der Waals surface area contributed by atoms with Crippen molar-refractivity contribution in [2.45, 2.75) is 19.8 Å². The van der Waals surface area contributed by atoms with Crippen LogP contribution in [0.25, 0.3) is 0 Å². The van der Waals surface area contributed by atoms with Crippen LogP contribution in [0.5, 0.6) is 0 Å². The molecular formula is C11H19N3O2S. The fourth-order valence-corrected chi connectivity index (χ4v) is 2.59. The summed E-state index contributed by atoms with van der Waals surface area (Å²) in [6.45, 7) is 2.71. The van der Waals surface area contributed by atoms with Gasteiger partial charge in [0.15, 0.2) is 0 Å². The molecule has 1 aromatic rings. The molecule has 1 aromatic heterocycles. The van der Waals surface area contributed by atoms with E-state index in [2.05, 4.69) is 15.0 Å². The van der Waals surface area contributed by atoms with Crippen LogP contribution < -0.4 is 10.0 Å². The van der Waals surface area contributed by atoms with Gasteiger partial charge in [-0.15, -0.1) is 0 Å². The lowest BCUT2D eigenvalue weighted by Gasteiger charge is -2.07. The average molecular weight is 257 g/mol. The van der Waals surface area contributed by atoms with Crippen LogP contribution >= 0.6 is 0 Å². The molecule has 0 saturated carbocycles. The first-order valence-corrected chi connectivity index (χ1v) is 7.25. The van der Waals surface area contributed by atoms with Gasteiger partial charge in [0.2, 0.25) is 10.0 Å². The van der Waals surface area contributed by atoms with E-state index in [9.17, 15) is 8.42 Å². The first-order valence-electron chi connectivity index (χ1n) is 5.60. The van der Waals surface area contributed by atoms with E-state index in [1.807, 2.05) is 14.0 Å². The summed E-state index contributed by atoms with van der Waals surface area (Å²) in [4.78, 5) is 3.94. The molecule has 2 N–H and O–H groups in total. The van der Waals surface area contributed by atoms with Crippen LogP contribution in [0.1, 0.15) is 18.4 Å². The average Bonchev–Trinajstić information content (AvgIpc) is 2.24. The van der Waals surface area contributed by atoms with Gasteiger partial charge < -0.3 is 5.32 Å². The molecular weight excluding hydrogens is 238 g/mol. The van der Waals surface area contributed by atoms with Crippen LogP contribution in [-0.4, -0.2) is 32.7 Å². The van der Waals surface area contributed by atoms with E-state index in [0.29, 0.717) is 12.1 Å². The van der Waals surface area contributed by atoms with Gasteiger partial charge in [0.1, 0.15) is 0 Å². The predicted octanol–water partition coefficient (Wildman–Crippen LogP) is 1.13. The van der Waals surface area contributed by atoms with Crippen molar-refractivity contribution in [1.29, 1.82) is 0 Å². The van der Waals surface area contributed by atoms with Gasteiger partial charge >= 0.3 is 0 Å². The topological polar surface area (TPSA) is 71.1 Å². The molecule has 0 bridgehead atoms. The first-order chi connectivity index (χ1) is 8.03. The van der Waals surface area contributed by atoms with Crippen molar-refractivity contribution in [3.8, 4) is 0 Å². The molecule has 0 unspecified atom stereocenters. The molecule has 1 heterocycles. The van der Waals surface area contributed by atoms with E-state index in [0.717, 1.165) is 18.5 Å². The molecule has 0 aromatic carbocycles. The molecule has 96 valence electrons. The fraction of sp³-hybridized carbons (Fsp3) is 0.545. The van der Waals surface area contributed by atoms with Gasteiger partial charge in [0.25, 0.3) is 0 Å². The Morgan fingerprint density at radius 3 is 2.71 bits per heavy atom. The second-order valence-corrected chi connectivity index (χ2v) is 5.82. The second kappa shape index (κ2) is 6.56. The zero-order valence-electron chi connectivity index (χ0n) is 10.2. The number of hydrogen-bond donors (Lipinski definition) is 2. The number of rotatable bonds is 7. The van der Waals surface area contributed by atoms with Crippen molar-refractivity contribution in [3.63, 3.8) is 0 Å². The highest BCUT2D eigenvalue weighted by Crippen LogP contribution is 2.10. The third kappa shape index (κ3) is 5.65. The zero-order chi connectivity index (χ0) is 12.7. The lowest BCUT2D eigenvalue weighted by atomic mass is 10.3. The molecule has 0 fully saturated rings. The summed E-state index contributed by atoms with van der Waals surface area (Å²) in [5, 5.41) is 2.99. The van der Waals surface area contributed by atoms with E-state index >= 15 is 0 Å². The monoisotopic (exact) mass is 257 g/mol. The molecule has 6 heteroatoms. The van der Waals surface area contributed by atoms with Gasteiger partial charge in [-0.1, -0.05) is 0 Å². The van der Waals surface area contributed by atoms with Crippen LogP contribution in [0, 0.1) is 6.92 Å². The van der Waals surface area contributed by atoms with Gasteiger partial charge in [0.05, 0.1) is 17.6 Å². The van der Waals surface area contributed by atoms with Crippen LogP contribution in [0.4, 0.5) is 5.69 Å². The quantitative estimate of drug-likeness (QED) is 0.718. The lowest BCUT2D eigenvalue weighted by Crippen LogP contribution is -2.18. The summed E-state index contributed by atoms with van der Waals surface area (Å²) in [5.41, 5.74) is 1.46. The molecule has 0 amide bonds. The van der Waals surface area contributed by atoms with Crippen LogP contribution in [-0.2, 0) is 10.0 Å². The molecule has 0 saturated heterocycles. The fourth-order valence-electron chi connectivity index (χ4n) is 1.44. The summed E-state index contributed by atoms with van der Waals surface area (Å²) in [7, 11) is -1.40. The van der Waals surface area contributed by atoms with Gasteiger partial charge in [-0.25, -0.2) is 8.42 Å². The van der Waals surface area contributed by atoms with Crippen LogP contribution in [0.2, 0.25) is 0 Å². The highest BCUT2D eigenvalue weighted by atomic mass is 32.2. The van der Waals surface area contributed by atoms with Crippen LogP contribution in [0.3, 0.4) is 0 Å². The highest BCUT2D eigenvalue weighted by molar-refractivity contribution is 7.92. The van der Waals surface area contributed by atoms with E-state index < -0.39 is 10.0 Å². The minimum absolute atomic E-state index is 0.141. The first kappa shape index (κ1) is 13.9. The Hall–Kier alpha value is -1.14. The van der Waals surface area contributed by atoms with E-state index in [1.165, 1.54) is 6.20 Å². The Labute approximate surface area is 103 Å². The molecule has 0 aliphatic heterocycles. The standard InChI is InChI=1S/C11H19N3O2S/c1-10-7-11(9-13-8-10)14-17(15,16)6-4-3-5-12-2/h7-9,12,14H,3-6H2,1-2H3. The van der Waals surface area contributed by atoms with Crippen molar-refractivity contribution >= 4 is 15.7 Å². The number of anilines is 1. The smallest absolute Gasteiger partial charge is 0.232 e. The molecule has 0 spiro atoms. The predicted molar refractivity (Wildman–Crippen MR) is 69.5 cm³/mol. The molecule has 0 aliphatic rings. The van der Waals surface area contributed by atoms with Gasteiger partial charge in [-0.05, 0) is 45.0 Å². The van der Waals surface area contributed by atoms with Crippen molar-refractivity contribution < 1.29 is 8.42 Å². The number of nitrogens with zero attached hydrogens (tertiary/aromatic N) is 1. The van der Waals surface area contributed by atoms with Crippen molar-refractivity contribution in [1.82, 2.24) is 10.3 Å². The van der Waals surface area contributed by atoms with Crippen LogP contribution in [0.15, 0.2) is 18.5 Å². The number of aryl methyl sites for hydroxylation is 1. The Morgan fingerprint density at radius 1 is 1.29 bits per heavy atom. The van der Waals surface area contributed by atoms with Crippen molar-refractivity contribution in [2.24, 2.45) is 0 Å². The summed E-state index contributed by atoms with van der Waals surface area (Å²) >= 11 is 0. The largest absolute Gasteiger partial charge is 0.320 e. The third-order valence-electron chi connectivity index (χ3n) is 2.24. The lowest BCUT2D eigenvalue weighted by molar-refractivity contribution is 0.595. The van der Waals surface area contributed by atoms with E-state index in [4.69, 9.17) is 0 Å². The van der Waals surface area contributed by atoms with E-state index in [1.54, 1.807) is 12.3 Å². The second-order valence-electron chi connectivity index (χ2n) is 3.98. The summed E-state index contributed by atoms with van der Waals surface area (Å²) in [6.07, 6.45) is 4.70. The Kier molecular flexibility index (Phi) is 5.37. The Morgan fingerprint density at radius 2 is 2.06 bits per heavy atom. The maximum Gasteiger partial charge on any atom is 0.232 e. The molecule has 17 heavy (non-hydrogen) atoms. The summed E-state index contributed by atoms with van der Waals surface area (Å²) in [6, 6.07) is 1.76. The van der Waals surface area contributed by atoms with Crippen molar-refractivity contribution in [2.75, 3.05) is 24.1 Å². The zero-order valence-corrected chi connectivity index (χ0v) is 11.0. The summed E-state index contributed by atoms with van der Waals surface area (Å²) < 4.78 is 26.0. The number of hydrogen-bond acceptors (Lipinski definition) is 4. The third-order valence-corrected chi connectivity index (χ3v) is 3.61. The molecule has 5 nitrogen and oxygen atoms in total. The Bertz CT molecular complexity index is 446. The molecule has 1 rings (SSSR count). The maximum absolute atomic E-state index is 11.7. The van der Waals surface area contributed by atoms with Gasteiger partial charge in [-0.2, -0.15) is 0 Å². The number of sulfonamides is 1. The minimum atomic E-state index is -3.25. The number of unbranched alkanes of at least 4 members (excludes halogenated alkanes) is 1.